The molecule has 0 radical (unpaired) electrons. The molecule has 3 nitrogen and oxygen atoms in total. The molecule has 1 amide bonds. The lowest BCUT2D eigenvalue weighted by molar-refractivity contribution is -0.121. The lowest BCUT2D eigenvalue weighted by Gasteiger charge is -2.18. The number of benzene rings is 2. The molecule has 2 rings (SSSR count). The predicted molar refractivity (Wildman–Crippen MR) is 84.3 cm³/mol. The molecule has 0 heterocycles. The average molecular weight is 283 g/mol. The Bertz CT molecular complexity index is 564. The molecule has 0 fully saturated rings. The maximum Gasteiger partial charge on any atom is 0.224 e. The first-order valence-corrected chi connectivity index (χ1v) is 7.20. The van der Waals surface area contributed by atoms with Crippen molar-refractivity contribution in [2.45, 2.75) is 25.8 Å². The summed E-state index contributed by atoms with van der Waals surface area (Å²) < 4.78 is 5.16. The van der Waals surface area contributed by atoms with Gasteiger partial charge in [0.2, 0.25) is 5.91 Å². The number of carbonyl (C=O) groups excluding carboxylic acids is 1. The van der Waals surface area contributed by atoms with Crippen LogP contribution in [0.4, 0.5) is 0 Å². The lowest BCUT2D eigenvalue weighted by Crippen LogP contribution is -2.29. The van der Waals surface area contributed by atoms with Crippen molar-refractivity contribution in [3.05, 3.63) is 65.7 Å². The molecule has 21 heavy (non-hydrogen) atoms. The van der Waals surface area contributed by atoms with Crippen molar-refractivity contribution in [1.29, 1.82) is 0 Å². The van der Waals surface area contributed by atoms with Crippen molar-refractivity contribution in [1.82, 2.24) is 5.32 Å². The fourth-order valence-electron chi connectivity index (χ4n) is 2.28. The third kappa shape index (κ3) is 4.35. The molecular formula is C18H21NO2. The van der Waals surface area contributed by atoms with Gasteiger partial charge in [0.1, 0.15) is 5.75 Å². The second kappa shape index (κ2) is 7.48. The van der Waals surface area contributed by atoms with Crippen LogP contribution in [0, 0.1) is 0 Å². The molecule has 0 aliphatic carbocycles. The van der Waals surface area contributed by atoms with Gasteiger partial charge >= 0.3 is 0 Å². The van der Waals surface area contributed by atoms with Gasteiger partial charge in [0, 0.05) is 0 Å². The summed E-state index contributed by atoms with van der Waals surface area (Å²) in [6, 6.07) is 17.6. The first-order chi connectivity index (χ1) is 10.2. The number of carbonyl (C=O) groups is 1. The summed E-state index contributed by atoms with van der Waals surface area (Å²) in [5.41, 5.74) is 2.12. The Morgan fingerprint density at radius 2 is 1.76 bits per heavy atom. The highest BCUT2D eigenvalue weighted by Crippen LogP contribution is 2.20. The summed E-state index contributed by atoms with van der Waals surface area (Å²) in [5, 5.41) is 3.09. The molecule has 0 bridgehead atoms. The highest BCUT2D eigenvalue weighted by molar-refractivity contribution is 5.79. The molecule has 0 saturated carbocycles. The second-order valence-electron chi connectivity index (χ2n) is 4.96. The van der Waals surface area contributed by atoms with E-state index in [1.54, 1.807) is 7.11 Å². The number of hydrogen-bond donors (Lipinski definition) is 1. The van der Waals surface area contributed by atoms with E-state index in [1.165, 1.54) is 0 Å². The topological polar surface area (TPSA) is 38.3 Å². The van der Waals surface area contributed by atoms with Crippen LogP contribution in [-0.2, 0) is 11.2 Å². The molecule has 2 aromatic carbocycles. The van der Waals surface area contributed by atoms with E-state index in [0.717, 1.165) is 23.3 Å². The van der Waals surface area contributed by atoms with Gasteiger partial charge in [-0.3, -0.25) is 4.79 Å². The molecular weight excluding hydrogens is 262 g/mol. The second-order valence-corrected chi connectivity index (χ2v) is 4.96. The standard InChI is InChI=1S/C18H21NO2/c1-3-17(15-9-11-16(21-2)12-10-15)19-18(20)13-14-7-5-4-6-8-14/h4-12,17H,3,13H2,1-2H3,(H,19,20). The summed E-state index contributed by atoms with van der Waals surface area (Å²) in [7, 11) is 1.65. The summed E-state index contributed by atoms with van der Waals surface area (Å²) in [6.45, 7) is 2.07. The summed E-state index contributed by atoms with van der Waals surface area (Å²) in [4.78, 5) is 12.1. The molecule has 0 aliphatic rings. The van der Waals surface area contributed by atoms with Crippen molar-refractivity contribution in [3.63, 3.8) is 0 Å². The monoisotopic (exact) mass is 283 g/mol. The van der Waals surface area contributed by atoms with Crippen LogP contribution >= 0.6 is 0 Å². The summed E-state index contributed by atoms with van der Waals surface area (Å²) >= 11 is 0. The Morgan fingerprint density at radius 3 is 2.33 bits per heavy atom. The molecule has 0 spiro atoms. The smallest absolute Gasteiger partial charge is 0.224 e. The van der Waals surface area contributed by atoms with Crippen LogP contribution in [0.1, 0.15) is 30.5 Å². The largest absolute Gasteiger partial charge is 0.497 e. The summed E-state index contributed by atoms with van der Waals surface area (Å²) in [5.74, 6) is 0.869. The number of nitrogens with one attached hydrogen (secondary N) is 1. The van der Waals surface area contributed by atoms with Gasteiger partial charge in [-0.15, -0.1) is 0 Å². The quantitative estimate of drug-likeness (QED) is 0.881. The minimum absolute atomic E-state index is 0.0344. The number of hydrogen-bond acceptors (Lipinski definition) is 2. The molecule has 1 unspecified atom stereocenters. The molecule has 110 valence electrons. The van der Waals surface area contributed by atoms with E-state index in [4.69, 9.17) is 4.74 Å². The highest BCUT2D eigenvalue weighted by Gasteiger charge is 2.13. The molecule has 0 aromatic heterocycles. The maximum absolute atomic E-state index is 12.1. The Kier molecular flexibility index (Phi) is 5.38. The maximum atomic E-state index is 12.1. The molecule has 2 aromatic rings. The number of methoxy groups -OCH3 is 1. The normalized spacial score (nSPS) is 11.7. The van der Waals surface area contributed by atoms with Gasteiger partial charge in [-0.1, -0.05) is 49.4 Å². The van der Waals surface area contributed by atoms with Gasteiger partial charge in [0.25, 0.3) is 0 Å². The van der Waals surface area contributed by atoms with Crippen LogP contribution < -0.4 is 10.1 Å². The summed E-state index contributed by atoms with van der Waals surface area (Å²) in [6.07, 6.45) is 1.26. The molecule has 0 aliphatic heterocycles. The fourth-order valence-corrected chi connectivity index (χ4v) is 2.28. The van der Waals surface area contributed by atoms with Crippen LogP contribution in [0.15, 0.2) is 54.6 Å². The van der Waals surface area contributed by atoms with E-state index in [0.29, 0.717) is 6.42 Å². The van der Waals surface area contributed by atoms with Gasteiger partial charge in [0.05, 0.1) is 19.6 Å². The Morgan fingerprint density at radius 1 is 1.10 bits per heavy atom. The van der Waals surface area contributed by atoms with E-state index in [-0.39, 0.29) is 11.9 Å². The van der Waals surface area contributed by atoms with E-state index >= 15 is 0 Å². The minimum Gasteiger partial charge on any atom is -0.497 e. The molecule has 3 heteroatoms. The van der Waals surface area contributed by atoms with Gasteiger partial charge in [0.15, 0.2) is 0 Å². The first-order valence-electron chi connectivity index (χ1n) is 7.20. The molecule has 1 atom stereocenters. The van der Waals surface area contributed by atoms with Crippen LogP contribution in [0.25, 0.3) is 0 Å². The van der Waals surface area contributed by atoms with Crippen LogP contribution in [0.3, 0.4) is 0 Å². The van der Waals surface area contributed by atoms with Crippen LogP contribution in [0.5, 0.6) is 5.75 Å². The molecule has 1 N–H and O–H groups in total. The fraction of sp³-hybridized carbons (Fsp3) is 0.278. The van der Waals surface area contributed by atoms with E-state index in [1.807, 2.05) is 54.6 Å². The molecule has 0 saturated heterocycles. The predicted octanol–water partition coefficient (Wildman–Crippen LogP) is 3.51. The first kappa shape index (κ1) is 15.1. The highest BCUT2D eigenvalue weighted by atomic mass is 16.5. The zero-order valence-electron chi connectivity index (χ0n) is 12.5. The Hall–Kier alpha value is -2.29. The van der Waals surface area contributed by atoms with E-state index < -0.39 is 0 Å². The number of amides is 1. The SMILES string of the molecule is CCC(NC(=O)Cc1ccccc1)c1ccc(OC)cc1. The van der Waals surface area contributed by atoms with E-state index in [9.17, 15) is 4.79 Å². The van der Waals surface area contributed by atoms with Crippen molar-refractivity contribution in [2.75, 3.05) is 7.11 Å². The van der Waals surface area contributed by atoms with Gasteiger partial charge in [-0.25, -0.2) is 0 Å². The van der Waals surface area contributed by atoms with Crippen molar-refractivity contribution < 1.29 is 9.53 Å². The Balaban J connectivity index is 1.99. The van der Waals surface area contributed by atoms with Crippen LogP contribution in [0.2, 0.25) is 0 Å². The third-order valence-electron chi connectivity index (χ3n) is 3.47. The van der Waals surface area contributed by atoms with Gasteiger partial charge < -0.3 is 10.1 Å². The number of ether oxygens (including phenoxy) is 1. The van der Waals surface area contributed by atoms with Crippen LogP contribution in [-0.4, -0.2) is 13.0 Å². The van der Waals surface area contributed by atoms with Crippen molar-refractivity contribution in [2.24, 2.45) is 0 Å². The van der Waals surface area contributed by atoms with Crippen molar-refractivity contribution >= 4 is 5.91 Å². The average Bonchev–Trinajstić information content (AvgIpc) is 2.53. The van der Waals surface area contributed by atoms with E-state index in [2.05, 4.69) is 12.2 Å². The van der Waals surface area contributed by atoms with Crippen molar-refractivity contribution in [3.8, 4) is 5.75 Å². The zero-order chi connectivity index (χ0) is 15.1. The number of rotatable bonds is 6. The Labute approximate surface area is 126 Å². The van der Waals surface area contributed by atoms with Gasteiger partial charge in [-0.05, 0) is 29.7 Å². The zero-order valence-corrected chi connectivity index (χ0v) is 12.5. The third-order valence-corrected chi connectivity index (χ3v) is 3.47. The van der Waals surface area contributed by atoms with Gasteiger partial charge in [-0.2, -0.15) is 0 Å². The lowest BCUT2D eigenvalue weighted by atomic mass is 10.0. The minimum atomic E-state index is 0.0344.